The fourth-order valence-electron chi connectivity index (χ4n) is 3.04. The molecular formula is C17H27N. The largest absolute Gasteiger partial charge is 0.372 e. The Bertz CT molecular complexity index is 354. The van der Waals surface area contributed by atoms with Crippen molar-refractivity contribution < 1.29 is 0 Å². The quantitative estimate of drug-likeness (QED) is 0.749. The average Bonchev–Trinajstić information content (AvgIpc) is 2.64. The van der Waals surface area contributed by atoms with Crippen LogP contribution >= 0.6 is 0 Å². The van der Waals surface area contributed by atoms with Gasteiger partial charge in [-0.15, -0.1) is 0 Å². The Morgan fingerprint density at radius 3 is 2.56 bits per heavy atom. The Balaban J connectivity index is 1.98. The number of hydrogen-bond donors (Lipinski definition) is 0. The van der Waals surface area contributed by atoms with Crippen molar-refractivity contribution in [2.45, 2.75) is 46.5 Å². The van der Waals surface area contributed by atoms with E-state index in [1.165, 1.54) is 50.0 Å². The Labute approximate surface area is 112 Å². The molecule has 0 radical (unpaired) electrons. The van der Waals surface area contributed by atoms with Gasteiger partial charge < -0.3 is 4.90 Å². The second-order valence-corrected chi connectivity index (χ2v) is 5.90. The van der Waals surface area contributed by atoms with E-state index in [9.17, 15) is 0 Å². The van der Waals surface area contributed by atoms with Gasteiger partial charge in [0, 0.05) is 18.8 Å². The zero-order valence-electron chi connectivity index (χ0n) is 12.2. The van der Waals surface area contributed by atoms with Gasteiger partial charge in [-0.3, -0.25) is 0 Å². The third-order valence-electron chi connectivity index (χ3n) is 4.62. The molecule has 1 aliphatic rings. The second-order valence-electron chi connectivity index (χ2n) is 5.90. The number of hydrogen-bond acceptors (Lipinski definition) is 1. The van der Waals surface area contributed by atoms with E-state index in [4.69, 9.17) is 0 Å². The first-order valence-corrected chi connectivity index (χ1v) is 7.52. The minimum absolute atomic E-state index is 0.892. The molecule has 2 unspecified atom stereocenters. The summed E-state index contributed by atoms with van der Waals surface area (Å²) in [4.78, 5) is 2.57. The summed E-state index contributed by atoms with van der Waals surface area (Å²) in [5.41, 5.74) is 2.76. The molecule has 0 N–H and O–H groups in total. The van der Waals surface area contributed by atoms with E-state index < -0.39 is 0 Å². The lowest BCUT2D eigenvalue weighted by atomic mass is 9.86. The molecule has 1 heterocycles. The highest BCUT2D eigenvalue weighted by molar-refractivity contribution is 5.47. The maximum absolute atomic E-state index is 2.57. The van der Waals surface area contributed by atoms with Gasteiger partial charge in [-0.05, 0) is 50.2 Å². The molecule has 1 aromatic rings. The van der Waals surface area contributed by atoms with Gasteiger partial charge in [0.25, 0.3) is 0 Å². The average molecular weight is 245 g/mol. The highest BCUT2D eigenvalue weighted by Gasteiger charge is 2.20. The maximum atomic E-state index is 2.57. The summed E-state index contributed by atoms with van der Waals surface area (Å²) in [5, 5.41) is 0. The van der Waals surface area contributed by atoms with Crippen molar-refractivity contribution in [2.24, 2.45) is 11.8 Å². The van der Waals surface area contributed by atoms with Crippen LogP contribution in [0.25, 0.3) is 0 Å². The van der Waals surface area contributed by atoms with Crippen molar-refractivity contribution in [1.29, 1.82) is 0 Å². The molecule has 100 valence electrons. The molecule has 1 aliphatic heterocycles. The Kier molecular flexibility index (Phi) is 4.68. The zero-order chi connectivity index (χ0) is 13.0. The standard InChI is InChI=1S/C17H27N/c1-4-15(3)16-6-5-12-18(13-11-16)17-9-7-14(2)8-10-17/h7-10,15-16H,4-6,11-13H2,1-3H3. The number of nitrogens with zero attached hydrogens (tertiary/aromatic N) is 1. The third-order valence-corrected chi connectivity index (χ3v) is 4.62. The predicted octanol–water partition coefficient (Wildman–Crippen LogP) is 4.65. The molecule has 2 atom stereocenters. The lowest BCUT2D eigenvalue weighted by Crippen LogP contribution is -2.24. The number of aryl methyl sites for hydroxylation is 1. The first-order chi connectivity index (χ1) is 8.70. The summed E-state index contributed by atoms with van der Waals surface area (Å²) in [7, 11) is 0. The highest BCUT2D eigenvalue weighted by Crippen LogP contribution is 2.29. The van der Waals surface area contributed by atoms with Crippen LogP contribution in [0, 0.1) is 18.8 Å². The van der Waals surface area contributed by atoms with E-state index >= 15 is 0 Å². The van der Waals surface area contributed by atoms with Gasteiger partial charge in [0.2, 0.25) is 0 Å². The summed E-state index contributed by atoms with van der Waals surface area (Å²) < 4.78 is 0. The van der Waals surface area contributed by atoms with Gasteiger partial charge in [-0.25, -0.2) is 0 Å². The van der Waals surface area contributed by atoms with Crippen molar-refractivity contribution in [3.63, 3.8) is 0 Å². The number of anilines is 1. The smallest absolute Gasteiger partial charge is 0.0366 e. The van der Waals surface area contributed by atoms with E-state index in [1.54, 1.807) is 0 Å². The van der Waals surface area contributed by atoms with Crippen LogP contribution in [-0.4, -0.2) is 13.1 Å². The fourth-order valence-corrected chi connectivity index (χ4v) is 3.04. The minimum Gasteiger partial charge on any atom is -0.372 e. The summed E-state index contributed by atoms with van der Waals surface area (Å²) in [5.74, 6) is 1.83. The number of rotatable bonds is 3. The van der Waals surface area contributed by atoms with Crippen molar-refractivity contribution >= 4 is 5.69 Å². The first-order valence-electron chi connectivity index (χ1n) is 7.52. The molecular weight excluding hydrogens is 218 g/mol. The molecule has 0 saturated carbocycles. The lowest BCUT2D eigenvalue weighted by Gasteiger charge is -2.24. The van der Waals surface area contributed by atoms with Gasteiger partial charge in [0.15, 0.2) is 0 Å². The fraction of sp³-hybridized carbons (Fsp3) is 0.647. The van der Waals surface area contributed by atoms with Gasteiger partial charge >= 0.3 is 0 Å². The van der Waals surface area contributed by atoms with E-state index in [0.29, 0.717) is 0 Å². The lowest BCUT2D eigenvalue weighted by molar-refractivity contribution is 0.319. The molecule has 1 heteroatoms. The van der Waals surface area contributed by atoms with Crippen LogP contribution in [0.4, 0.5) is 5.69 Å². The van der Waals surface area contributed by atoms with Gasteiger partial charge in [0.05, 0.1) is 0 Å². The van der Waals surface area contributed by atoms with Gasteiger partial charge in [-0.2, -0.15) is 0 Å². The Morgan fingerprint density at radius 1 is 1.17 bits per heavy atom. The molecule has 1 nitrogen and oxygen atoms in total. The molecule has 1 fully saturated rings. The van der Waals surface area contributed by atoms with Gasteiger partial charge in [0.1, 0.15) is 0 Å². The summed E-state index contributed by atoms with van der Waals surface area (Å²) >= 11 is 0. The molecule has 0 aliphatic carbocycles. The summed E-state index contributed by atoms with van der Waals surface area (Å²) in [6.45, 7) is 9.37. The van der Waals surface area contributed by atoms with Crippen LogP contribution in [0.3, 0.4) is 0 Å². The predicted molar refractivity (Wildman–Crippen MR) is 80.2 cm³/mol. The van der Waals surface area contributed by atoms with Gasteiger partial charge in [-0.1, -0.05) is 38.0 Å². The molecule has 0 aromatic heterocycles. The minimum atomic E-state index is 0.892. The molecule has 1 saturated heterocycles. The van der Waals surface area contributed by atoms with Crippen LogP contribution in [0.15, 0.2) is 24.3 Å². The van der Waals surface area contributed by atoms with E-state index in [0.717, 1.165) is 11.8 Å². The molecule has 0 amide bonds. The summed E-state index contributed by atoms with van der Waals surface area (Å²) in [6.07, 6.45) is 5.46. The van der Waals surface area contributed by atoms with Crippen LogP contribution in [0.2, 0.25) is 0 Å². The van der Waals surface area contributed by atoms with Crippen molar-refractivity contribution in [3.05, 3.63) is 29.8 Å². The Hall–Kier alpha value is -0.980. The first kappa shape index (κ1) is 13.5. The van der Waals surface area contributed by atoms with Crippen molar-refractivity contribution in [3.8, 4) is 0 Å². The second kappa shape index (κ2) is 6.26. The zero-order valence-corrected chi connectivity index (χ0v) is 12.2. The van der Waals surface area contributed by atoms with E-state index in [-0.39, 0.29) is 0 Å². The molecule has 18 heavy (non-hydrogen) atoms. The Morgan fingerprint density at radius 2 is 1.89 bits per heavy atom. The highest BCUT2D eigenvalue weighted by atomic mass is 15.1. The molecule has 1 aromatic carbocycles. The molecule has 0 bridgehead atoms. The monoisotopic (exact) mass is 245 g/mol. The van der Waals surface area contributed by atoms with Crippen molar-refractivity contribution in [1.82, 2.24) is 0 Å². The van der Waals surface area contributed by atoms with E-state index in [2.05, 4.69) is 49.9 Å². The molecule has 2 rings (SSSR count). The van der Waals surface area contributed by atoms with Crippen LogP contribution in [0.1, 0.15) is 45.1 Å². The maximum Gasteiger partial charge on any atom is 0.0366 e. The summed E-state index contributed by atoms with van der Waals surface area (Å²) in [6, 6.07) is 9.01. The SMILES string of the molecule is CCC(C)C1CCCN(c2ccc(C)cc2)CC1. The number of benzene rings is 1. The topological polar surface area (TPSA) is 3.24 Å². The van der Waals surface area contributed by atoms with Crippen LogP contribution < -0.4 is 4.90 Å². The van der Waals surface area contributed by atoms with Crippen LogP contribution in [0.5, 0.6) is 0 Å². The van der Waals surface area contributed by atoms with Crippen LogP contribution in [-0.2, 0) is 0 Å². The van der Waals surface area contributed by atoms with E-state index in [1.807, 2.05) is 0 Å². The molecule has 0 spiro atoms. The van der Waals surface area contributed by atoms with Crippen molar-refractivity contribution in [2.75, 3.05) is 18.0 Å². The normalized spacial score (nSPS) is 22.6. The third kappa shape index (κ3) is 3.28.